The Bertz CT molecular complexity index is 989. The van der Waals surface area contributed by atoms with Crippen LogP contribution in [0.4, 0.5) is 5.69 Å². The topological polar surface area (TPSA) is 59.9 Å². The van der Waals surface area contributed by atoms with Gasteiger partial charge in [0, 0.05) is 17.2 Å². The maximum atomic E-state index is 6.58. The summed E-state index contributed by atoms with van der Waals surface area (Å²) in [5.74, 6) is 2.16. The molecule has 2 heterocycles. The SMILES string of the molecule is CSc1nnc2c(n1)O[C@H]([C@@H]1C[C@H]3C(=CCCC3(C)C)C[C@H]1C)Nc1ccccc1-2. The number of benzene rings is 1. The summed E-state index contributed by atoms with van der Waals surface area (Å²) in [4.78, 5) is 4.69. The minimum Gasteiger partial charge on any atom is -0.452 e. The van der Waals surface area contributed by atoms with Gasteiger partial charge in [-0.3, -0.25) is 0 Å². The number of hydrogen-bond donors (Lipinski definition) is 1. The van der Waals surface area contributed by atoms with Crippen LogP contribution in [-0.4, -0.2) is 27.7 Å². The molecule has 0 bridgehead atoms. The minimum absolute atomic E-state index is 0.131. The van der Waals surface area contributed by atoms with Crippen LogP contribution in [0.2, 0.25) is 0 Å². The fraction of sp³-hybridized carbons (Fsp3) is 0.542. The third-order valence-corrected chi connectivity index (χ3v) is 7.85. The summed E-state index contributed by atoms with van der Waals surface area (Å²) in [5, 5.41) is 13.1. The molecule has 5 rings (SSSR count). The summed E-state index contributed by atoms with van der Waals surface area (Å²) in [6.45, 7) is 7.24. The lowest BCUT2D eigenvalue weighted by atomic mass is 9.59. The molecule has 158 valence electrons. The highest BCUT2D eigenvalue weighted by Crippen LogP contribution is 2.52. The molecule has 0 saturated heterocycles. The predicted octanol–water partition coefficient (Wildman–Crippen LogP) is 5.80. The van der Waals surface area contributed by atoms with Crippen molar-refractivity contribution in [3.63, 3.8) is 0 Å². The molecule has 3 aliphatic rings. The number of ether oxygens (including phenoxy) is 1. The first-order chi connectivity index (χ1) is 14.5. The second kappa shape index (κ2) is 7.56. The van der Waals surface area contributed by atoms with Crippen molar-refractivity contribution in [2.45, 2.75) is 57.8 Å². The van der Waals surface area contributed by atoms with Gasteiger partial charge in [-0.15, -0.1) is 10.2 Å². The average Bonchev–Trinajstić information content (AvgIpc) is 2.89. The highest BCUT2D eigenvalue weighted by atomic mass is 32.2. The Labute approximate surface area is 183 Å². The second-order valence-corrected chi connectivity index (χ2v) is 10.4. The molecule has 4 atom stereocenters. The van der Waals surface area contributed by atoms with E-state index in [1.807, 2.05) is 12.3 Å². The van der Waals surface area contributed by atoms with Crippen molar-refractivity contribution in [1.82, 2.24) is 15.2 Å². The first-order valence-electron chi connectivity index (χ1n) is 11.0. The first-order valence-corrected chi connectivity index (χ1v) is 12.2. The van der Waals surface area contributed by atoms with Crippen molar-refractivity contribution in [2.24, 2.45) is 23.2 Å². The summed E-state index contributed by atoms with van der Waals surface area (Å²) in [6, 6.07) is 8.26. The lowest BCUT2D eigenvalue weighted by molar-refractivity contribution is 0.0519. The molecule has 1 aliphatic heterocycles. The Morgan fingerprint density at radius 2 is 2.03 bits per heavy atom. The van der Waals surface area contributed by atoms with E-state index in [1.54, 1.807) is 5.57 Å². The van der Waals surface area contributed by atoms with Gasteiger partial charge in [0.2, 0.25) is 11.0 Å². The maximum Gasteiger partial charge on any atom is 0.247 e. The summed E-state index contributed by atoms with van der Waals surface area (Å²) in [6.07, 6.45) is 9.13. The first kappa shape index (κ1) is 19.9. The molecule has 30 heavy (non-hydrogen) atoms. The highest BCUT2D eigenvalue weighted by molar-refractivity contribution is 7.98. The van der Waals surface area contributed by atoms with E-state index in [-0.39, 0.29) is 6.23 Å². The molecule has 1 aromatic carbocycles. The number of aromatic nitrogens is 3. The number of nitrogens with zero attached hydrogens (tertiary/aromatic N) is 3. The molecule has 1 fully saturated rings. The molecule has 1 saturated carbocycles. The molecular weight excluding hydrogens is 392 g/mol. The Hall–Kier alpha value is -2.08. The van der Waals surface area contributed by atoms with Crippen LogP contribution in [0.1, 0.15) is 46.5 Å². The average molecular weight is 423 g/mol. The number of anilines is 1. The van der Waals surface area contributed by atoms with Crippen molar-refractivity contribution in [3.05, 3.63) is 35.9 Å². The van der Waals surface area contributed by atoms with E-state index in [0.29, 0.717) is 34.2 Å². The van der Waals surface area contributed by atoms with Crippen LogP contribution in [0.3, 0.4) is 0 Å². The summed E-state index contributed by atoms with van der Waals surface area (Å²) in [5.41, 5.74) is 4.78. The van der Waals surface area contributed by atoms with E-state index < -0.39 is 0 Å². The molecule has 0 amide bonds. The lowest BCUT2D eigenvalue weighted by Crippen LogP contribution is -2.45. The van der Waals surface area contributed by atoms with E-state index in [0.717, 1.165) is 29.8 Å². The normalized spacial score (nSPS) is 29.3. The second-order valence-electron chi connectivity index (χ2n) is 9.62. The number of rotatable bonds is 2. The fourth-order valence-corrected chi connectivity index (χ4v) is 5.84. The third-order valence-electron chi connectivity index (χ3n) is 7.31. The van der Waals surface area contributed by atoms with Crippen molar-refractivity contribution in [2.75, 3.05) is 11.6 Å². The molecule has 0 radical (unpaired) electrons. The van der Waals surface area contributed by atoms with Gasteiger partial charge in [0.25, 0.3) is 0 Å². The zero-order chi connectivity index (χ0) is 20.9. The van der Waals surface area contributed by atoms with E-state index in [4.69, 9.17) is 4.74 Å². The quantitative estimate of drug-likeness (QED) is 0.487. The van der Waals surface area contributed by atoms with Crippen molar-refractivity contribution < 1.29 is 4.74 Å². The molecule has 0 unspecified atom stereocenters. The Morgan fingerprint density at radius 3 is 2.87 bits per heavy atom. The fourth-order valence-electron chi connectivity index (χ4n) is 5.54. The van der Waals surface area contributed by atoms with Crippen LogP contribution in [0.15, 0.2) is 41.1 Å². The van der Waals surface area contributed by atoms with Crippen molar-refractivity contribution in [1.29, 1.82) is 0 Å². The van der Waals surface area contributed by atoms with Gasteiger partial charge >= 0.3 is 0 Å². The monoisotopic (exact) mass is 422 g/mol. The molecule has 1 aromatic heterocycles. The van der Waals surface area contributed by atoms with Crippen LogP contribution in [0, 0.1) is 23.2 Å². The van der Waals surface area contributed by atoms with Gasteiger partial charge in [0.1, 0.15) is 0 Å². The molecule has 1 N–H and O–H groups in total. The van der Waals surface area contributed by atoms with Gasteiger partial charge in [0.05, 0.1) is 0 Å². The van der Waals surface area contributed by atoms with Crippen LogP contribution >= 0.6 is 11.8 Å². The number of hydrogen-bond acceptors (Lipinski definition) is 6. The Morgan fingerprint density at radius 1 is 1.20 bits per heavy atom. The number of fused-ring (bicyclic) bond motifs is 4. The van der Waals surface area contributed by atoms with Crippen LogP contribution in [0.5, 0.6) is 5.88 Å². The summed E-state index contributed by atoms with van der Waals surface area (Å²) >= 11 is 1.49. The van der Waals surface area contributed by atoms with Crippen LogP contribution in [-0.2, 0) is 0 Å². The van der Waals surface area contributed by atoms with E-state index in [9.17, 15) is 0 Å². The van der Waals surface area contributed by atoms with Crippen LogP contribution in [0.25, 0.3) is 11.3 Å². The predicted molar refractivity (Wildman–Crippen MR) is 122 cm³/mol. The van der Waals surface area contributed by atoms with Gasteiger partial charge in [-0.25, -0.2) is 0 Å². The standard InChI is InChI=1S/C24H30N4OS/c1-14-12-15-8-7-11-24(2,3)18(15)13-17(14)21-25-19-10-6-5-9-16(19)20-22(29-21)26-23(30-4)28-27-20/h5-6,8-10,14,17-18,21,25H,7,11-13H2,1-4H3/t14-,17-,18+,21-/m1/s1. The zero-order valence-electron chi connectivity index (χ0n) is 18.2. The molecule has 6 heteroatoms. The Balaban J connectivity index is 1.53. The molecule has 5 nitrogen and oxygen atoms in total. The number of para-hydroxylation sites is 1. The molecule has 0 spiro atoms. The zero-order valence-corrected chi connectivity index (χ0v) is 19.0. The van der Waals surface area contributed by atoms with Crippen molar-refractivity contribution >= 4 is 17.4 Å². The van der Waals surface area contributed by atoms with Gasteiger partial charge in [0.15, 0.2) is 11.9 Å². The number of nitrogens with one attached hydrogen (secondary N) is 1. The minimum atomic E-state index is -0.131. The van der Waals surface area contributed by atoms with Gasteiger partial charge in [-0.1, -0.05) is 62.4 Å². The lowest BCUT2D eigenvalue weighted by Gasteiger charge is -2.48. The van der Waals surface area contributed by atoms with Gasteiger partial charge in [-0.2, -0.15) is 4.98 Å². The molecular formula is C24H30N4OS. The molecule has 2 aromatic rings. The van der Waals surface area contributed by atoms with E-state index >= 15 is 0 Å². The van der Waals surface area contributed by atoms with Gasteiger partial charge < -0.3 is 10.1 Å². The van der Waals surface area contributed by atoms with E-state index in [1.165, 1.54) is 24.6 Å². The maximum absolute atomic E-state index is 6.58. The molecule has 2 aliphatic carbocycles. The summed E-state index contributed by atoms with van der Waals surface area (Å²) in [7, 11) is 0. The van der Waals surface area contributed by atoms with E-state index in [2.05, 4.69) is 65.5 Å². The van der Waals surface area contributed by atoms with Crippen LogP contribution < -0.4 is 10.1 Å². The number of allylic oxidation sites excluding steroid dienone is 2. The van der Waals surface area contributed by atoms with Gasteiger partial charge in [-0.05, 0) is 55.3 Å². The summed E-state index contributed by atoms with van der Waals surface area (Å²) < 4.78 is 6.58. The third kappa shape index (κ3) is 3.39. The smallest absolute Gasteiger partial charge is 0.247 e. The highest BCUT2D eigenvalue weighted by Gasteiger charge is 2.44. The largest absolute Gasteiger partial charge is 0.452 e. The number of thioether (sulfide) groups is 1. The Kier molecular flexibility index (Phi) is 5.00. The van der Waals surface area contributed by atoms with Crippen molar-refractivity contribution in [3.8, 4) is 17.1 Å².